The van der Waals surface area contributed by atoms with Gasteiger partial charge in [0, 0.05) is 12.1 Å². The molecule has 3 N–H and O–H groups in total. The van der Waals surface area contributed by atoms with Crippen molar-refractivity contribution in [2.24, 2.45) is 23.2 Å². The van der Waals surface area contributed by atoms with Crippen molar-refractivity contribution in [1.29, 1.82) is 0 Å². The zero-order chi connectivity index (χ0) is 14.6. The quantitative estimate of drug-likeness (QED) is 0.813. The van der Waals surface area contributed by atoms with Crippen LogP contribution in [-0.2, 0) is 0 Å². The highest BCUT2D eigenvalue weighted by Crippen LogP contribution is 2.61. The van der Waals surface area contributed by atoms with Crippen molar-refractivity contribution in [2.75, 3.05) is 11.1 Å². The van der Waals surface area contributed by atoms with E-state index in [-0.39, 0.29) is 0 Å². The number of nitrogens with one attached hydrogen (secondary N) is 1. The van der Waals surface area contributed by atoms with Gasteiger partial charge in [-0.15, -0.1) is 0 Å². The summed E-state index contributed by atoms with van der Waals surface area (Å²) in [5, 5.41) is 3.55. The Kier molecular flexibility index (Phi) is 3.18. The molecular weight excluding hydrogens is 328 g/mol. The van der Waals surface area contributed by atoms with Gasteiger partial charge in [0.25, 0.3) is 0 Å². The summed E-state index contributed by atoms with van der Waals surface area (Å²) in [5.41, 5.74) is 6.27. The Morgan fingerprint density at radius 3 is 2.29 bits per heavy atom. The van der Waals surface area contributed by atoms with Gasteiger partial charge in [-0.25, -0.2) is 4.98 Å². The van der Waals surface area contributed by atoms with Crippen LogP contribution in [0.1, 0.15) is 45.4 Å². The molecule has 0 spiro atoms. The van der Waals surface area contributed by atoms with Crippen molar-refractivity contribution in [1.82, 2.24) is 9.97 Å². The van der Waals surface area contributed by atoms with Gasteiger partial charge in [-0.05, 0) is 84.5 Å². The Labute approximate surface area is 134 Å². The number of halogens is 1. The van der Waals surface area contributed by atoms with Crippen LogP contribution >= 0.6 is 15.9 Å². The lowest BCUT2D eigenvalue weighted by molar-refractivity contribution is -0.0603. The fraction of sp³-hybridized carbons (Fsp3) is 0.750. The van der Waals surface area contributed by atoms with Crippen LogP contribution in [0.4, 0.5) is 11.8 Å². The molecule has 4 nitrogen and oxygen atoms in total. The van der Waals surface area contributed by atoms with Gasteiger partial charge in [0.2, 0.25) is 5.95 Å². The molecule has 5 rings (SSSR count). The zero-order valence-corrected chi connectivity index (χ0v) is 14.1. The summed E-state index contributed by atoms with van der Waals surface area (Å²) in [5.74, 6) is 4.07. The summed E-state index contributed by atoms with van der Waals surface area (Å²) in [6, 6.07) is 2.15. The number of nitrogens with two attached hydrogens (primary N) is 1. The van der Waals surface area contributed by atoms with Crippen LogP contribution in [0.3, 0.4) is 0 Å². The van der Waals surface area contributed by atoms with Gasteiger partial charge in [-0.1, -0.05) is 0 Å². The Hall–Kier alpha value is -0.840. The van der Waals surface area contributed by atoms with Crippen molar-refractivity contribution in [3.63, 3.8) is 0 Å². The third-order valence-electron chi connectivity index (χ3n) is 6.06. The molecule has 0 aromatic carbocycles. The van der Waals surface area contributed by atoms with Crippen LogP contribution in [0.5, 0.6) is 0 Å². The van der Waals surface area contributed by atoms with Crippen molar-refractivity contribution in [3.8, 4) is 0 Å². The number of rotatable bonds is 3. The lowest BCUT2D eigenvalue weighted by Gasteiger charge is -2.59. The molecule has 1 heterocycles. The molecule has 1 unspecified atom stereocenters. The van der Waals surface area contributed by atoms with Gasteiger partial charge in [0.15, 0.2) is 0 Å². The zero-order valence-electron chi connectivity index (χ0n) is 12.5. The highest BCUT2D eigenvalue weighted by molar-refractivity contribution is 9.10. The topological polar surface area (TPSA) is 63.8 Å². The summed E-state index contributed by atoms with van der Waals surface area (Å²) in [4.78, 5) is 8.74. The van der Waals surface area contributed by atoms with E-state index in [0.717, 1.165) is 22.4 Å². The van der Waals surface area contributed by atoms with E-state index in [0.29, 0.717) is 23.2 Å². The standard InChI is InChI=1S/C16H23BrN4/c1-9(19-15-20-13(17)5-14(18)21-15)16-6-10-2-11(7-16)4-12(3-10)8-16/h5,9-12H,2-4,6-8H2,1H3,(H3,18,19,20,21). The molecule has 4 aliphatic carbocycles. The van der Waals surface area contributed by atoms with E-state index >= 15 is 0 Å². The molecule has 1 aromatic rings. The average Bonchev–Trinajstić information content (AvgIpc) is 2.35. The van der Waals surface area contributed by atoms with E-state index in [9.17, 15) is 0 Å². The molecule has 0 aliphatic heterocycles. The third kappa shape index (κ3) is 2.43. The van der Waals surface area contributed by atoms with E-state index in [4.69, 9.17) is 5.73 Å². The SMILES string of the molecule is CC(Nc1nc(N)cc(Br)n1)C12CC3CC(CC(C3)C1)C2. The maximum absolute atomic E-state index is 5.82. The van der Waals surface area contributed by atoms with Crippen LogP contribution in [0.15, 0.2) is 10.7 Å². The molecular formula is C16H23BrN4. The smallest absolute Gasteiger partial charge is 0.225 e. The van der Waals surface area contributed by atoms with E-state index in [2.05, 4.69) is 38.1 Å². The molecule has 4 aliphatic rings. The van der Waals surface area contributed by atoms with Crippen LogP contribution < -0.4 is 11.1 Å². The van der Waals surface area contributed by atoms with Crippen LogP contribution in [0.2, 0.25) is 0 Å². The second kappa shape index (κ2) is 4.83. The summed E-state index contributed by atoms with van der Waals surface area (Å²) in [6.45, 7) is 2.31. The highest BCUT2D eigenvalue weighted by atomic mass is 79.9. The van der Waals surface area contributed by atoms with E-state index in [1.54, 1.807) is 6.07 Å². The summed E-state index contributed by atoms with van der Waals surface area (Å²) in [7, 11) is 0. The third-order valence-corrected chi connectivity index (χ3v) is 6.47. The number of nitrogen functional groups attached to an aromatic ring is 1. The first-order chi connectivity index (χ1) is 10.0. The molecule has 4 bridgehead atoms. The van der Waals surface area contributed by atoms with Crippen LogP contribution in [-0.4, -0.2) is 16.0 Å². The normalized spacial score (nSPS) is 38.5. The van der Waals surface area contributed by atoms with Crippen molar-refractivity contribution < 1.29 is 0 Å². The number of hydrogen-bond acceptors (Lipinski definition) is 4. The largest absolute Gasteiger partial charge is 0.383 e. The highest BCUT2D eigenvalue weighted by Gasteiger charge is 2.53. The average molecular weight is 351 g/mol. The molecule has 4 fully saturated rings. The summed E-state index contributed by atoms with van der Waals surface area (Å²) < 4.78 is 0.746. The minimum Gasteiger partial charge on any atom is -0.383 e. The predicted octanol–water partition coefficient (Wildman–Crippen LogP) is 3.84. The van der Waals surface area contributed by atoms with Gasteiger partial charge in [0.05, 0.1) is 0 Å². The Balaban J connectivity index is 1.55. The van der Waals surface area contributed by atoms with Gasteiger partial charge < -0.3 is 11.1 Å². The number of anilines is 2. The second-order valence-electron chi connectivity index (χ2n) is 7.59. The first-order valence-corrected chi connectivity index (χ1v) is 8.88. The summed E-state index contributed by atoms with van der Waals surface area (Å²) >= 11 is 3.40. The number of aromatic nitrogens is 2. The monoisotopic (exact) mass is 350 g/mol. The first kappa shape index (κ1) is 13.8. The minimum atomic E-state index is 0.416. The molecule has 4 saturated carbocycles. The fourth-order valence-corrected chi connectivity index (χ4v) is 5.96. The summed E-state index contributed by atoms with van der Waals surface area (Å²) in [6.07, 6.45) is 8.59. The lowest BCUT2D eigenvalue weighted by Crippen LogP contribution is -2.53. The van der Waals surface area contributed by atoms with Gasteiger partial charge in [-0.2, -0.15) is 4.98 Å². The fourth-order valence-electron chi connectivity index (χ4n) is 5.55. The van der Waals surface area contributed by atoms with Crippen molar-refractivity contribution >= 4 is 27.7 Å². The Bertz CT molecular complexity index is 504. The van der Waals surface area contributed by atoms with Crippen LogP contribution in [0, 0.1) is 23.2 Å². The Morgan fingerprint density at radius 1 is 1.19 bits per heavy atom. The maximum Gasteiger partial charge on any atom is 0.225 e. The molecule has 0 saturated heterocycles. The van der Waals surface area contributed by atoms with E-state index in [1.165, 1.54) is 38.5 Å². The van der Waals surface area contributed by atoms with E-state index in [1.807, 2.05) is 0 Å². The number of nitrogens with zero attached hydrogens (tertiary/aromatic N) is 2. The maximum atomic E-state index is 5.82. The first-order valence-electron chi connectivity index (χ1n) is 8.09. The minimum absolute atomic E-state index is 0.416. The Morgan fingerprint density at radius 2 is 1.76 bits per heavy atom. The molecule has 114 valence electrons. The molecule has 0 amide bonds. The van der Waals surface area contributed by atoms with Gasteiger partial charge >= 0.3 is 0 Å². The molecule has 1 atom stereocenters. The number of hydrogen-bond donors (Lipinski definition) is 2. The lowest BCUT2D eigenvalue weighted by atomic mass is 9.48. The second-order valence-corrected chi connectivity index (χ2v) is 8.40. The van der Waals surface area contributed by atoms with Gasteiger partial charge in [-0.3, -0.25) is 0 Å². The molecule has 0 radical (unpaired) electrons. The predicted molar refractivity (Wildman–Crippen MR) is 87.8 cm³/mol. The van der Waals surface area contributed by atoms with Crippen molar-refractivity contribution in [3.05, 3.63) is 10.7 Å². The van der Waals surface area contributed by atoms with Gasteiger partial charge in [0.1, 0.15) is 10.4 Å². The molecule has 5 heteroatoms. The molecule has 21 heavy (non-hydrogen) atoms. The van der Waals surface area contributed by atoms with E-state index < -0.39 is 0 Å². The van der Waals surface area contributed by atoms with Crippen LogP contribution in [0.25, 0.3) is 0 Å². The molecule has 1 aromatic heterocycles. The van der Waals surface area contributed by atoms with Crippen molar-refractivity contribution in [2.45, 2.75) is 51.5 Å².